The third-order valence-corrected chi connectivity index (χ3v) is 3.56. The molecule has 0 aliphatic carbocycles. The molecule has 0 saturated carbocycles. The number of hydrogen-bond acceptors (Lipinski definition) is 4. The van der Waals surface area contributed by atoms with Crippen LogP contribution in [0, 0.1) is 6.92 Å². The van der Waals surface area contributed by atoms with Crippen LogP contribution in [-0.4, -0.2) is 19.0 Å². The second kappa shape index (κ2) is 7.64. The topological polar surface area (TPSA) is 68.5 Å². The highest BCUT2D eigenvalue weighted by molar-refractivity contribution is 6.02. The molecule has 0 saturated heterocycles. The van der Waals surface area contributed by atoms with Crippen molar-refractivity contribution in [1.29, 1.82) is 0 Å². The number of anilines is 1. The summed E-state index contributed by atoms with van der Waals surface area (Å²) < 4.78 is 10.1. The first-order chi connectivity index (χ1) is 11.4. The largest absolute Gasteiger partial charge is 0.465 e. The number of aryl methyl sites for hydroxylation is 1. The van der Waals surface area contributed by atoms with Crippen LogP contribution >= 0.6 is 0 Å². The molecule has 0 bridgehead atoms. The van der Waals surface area contributed by atoms with Crippen molar-refractivity contribution in [3.63, 3.8) is 0 Å². The number of rotatable bonds is 5. The minimum absolute atomic E-state index is 0.274. The fourth-order valence-electron chi connectivity index (χ4n) is 2.22. The maximum Gasteiger partial charge on any atom is 0.341 e. The first kappa shape index (κ1) is 17.5. The van der Waals surface area contributed by atoms with E-state index in [4.69, 9.17) is 4.42 Å². The van der Waals surface area contributed by atoms with E-state index in [9.17, 15) is 9.59 Å². The summed E-state index contributed by atoms with van der Waals surface area (Å²) in [7, 11) is 1.31. The number of nitrogens with one attached hydrogen (secondary N) is 1. The van der Waals surface area contributed by atoms with Crippen molar-refractivity contribution < 1.29 is 18.7 Å². The summed E-state index contributed by atoms with van der Waals surface area (Å²) in [5.74, 6) is 0.515. The number of furan rings is 1. The van der Waals surface area contributed by atoms with Crippen molar-refractivity contribution in [2.45, 2.75) is 26.7 Å². The molecular formula is C19H21NO4. The molecule has 1 aromatic heterocycles. The fourth-order valence-corrected chi connectivity index (χ4v) is 2.22. The zero-order valence-electron chi connectivity index (χ0n) is 14.3. The third kappa shape index (κ3) is 4.35. The molecule has 5 heteroatoms. The molecule has 0 unspecified atom stereocenters. The number of benzene rings is 1. The highest BCUT2D eigenvalue weighted by Gasteiger charge is 2.14. The Kier molecular flexibility index (Phi) is 5.58. The lowest BCUT2D eigenvalue weighted by Crippen LogP contribution is -2.08. The van der Waals surface area contributed by atoms with Crippen LogP contribution in [-0.2, 0) is 9.53 Å². The molecule has 2 rings (SSSR count). The van der Waals surface area contributed by atoms with Gasteiger partial charge < -0.3 is 14.5 Å². The summed E-state index contributed by atoms with van der Waals surface area (Å²) in [5, 5.41) is 2.80. The second-order valence-electron chi connectivity index (χ2n) is 5.71. The van der Waals surface area contributed by atoms with Crippen molar-refractivity contribution in [2.24, 2.45) is 0 Å². The summed E-state index contributed by atoms with van der Waals surface area (Å²) >= 11 is 0. The maximum atomic E-state index is 12.0. The first-order valence-electron chi connectivity index (χ1n) is 7.68. The Labute approximate surface area is 141 Å². The van der Waals surface area contributed by atoms with Gasteiger partial charge in [-0.1, -0.05) is 26.0 Å². The summed E-state index contributed by atoms with van der Waals surface area (Å²) in [6.45, 7) is 5.86. The Bertz CT molecular complexity index is 771. The van der Waals surface area contributed by atoms with Crippen LogP contribution in [0.2, 0.25) is 0 Å². The molecular weight excluding hydrogens is 306 g/mol. The molecule has 0 radical (unpaired) electrons. The van der Waals surface area contributed by atoms with Gasteiger partial charge in [0.25, 0.3) is 0 Å². The quantitative estimate of drug-likeness (QED) is 0.661. The zero-order valence-corrected chi connectivity index (χ0v) is 14.3. The molecule has 0 aliphatic heterocycles. The Morgan fingerprint density at radius 3 is 2.67 bits per heavy atom. The molecule has 2 aromatic rings. The van der Waals surface area contributed by atoms with E-state index in [0.29, 0.717) is 23.0 Å². The van der Waals surface area contributed by atoms with Gasteiger partial charge in [0.1, 0.15) is 17.1 Å². The van der Waals surface area contributed by atoms with Gasteiger partial charge in [-0.2, -0.15) is 0 Å². The number of hydrogen-bond donors (Lipinski definition) is 1. The summed E-state index contributed by atoms with van der Waals surface area (Å²) in [4.78, 5) is 23.5. The van der Waals surface area contributed by atoms with Crippen LogP contribution < -0.4 is 5.32 Å². The van der Waals surface area contributed by atoms with E-state index in [-0.39, 0.29) is 5.91 Å². The van der Waals surface area contributed by atoms with Crippen molar-refractivity contribution in [3.8, 4) is 0 Å². The van der Waals surface area contributed by atoms with Crippen molar-refractivity contribution >= 4 is 23.6 Å². The number of methoxy groups -OCH3 is 1. The van der Waals surface area contributed by atoms with E-state index in [1.165, 1.54) is 19.3 Å². The van der Waals surface area contributed by atoms with Crippen LogP contribution in [0.25, 0.3) is 6.08 Å². The van der Waals surface area contributed by atoms with Crippen molar-refractivity contribution in [3.05, 3.63) is 59.1 Å². The van der Waals surface area contributed by atoms with E-state index in [0.717, 1.165) is 11.3 Å². The number of ether oxygens (including phenoxy) is 1. The number of amides is 1. The molecule has 0 aliphatic rings. The van der Waals surface area contributed by atoms with Gasteiger partial charge in [-0.15, -0.1) is 0 Å². The lowest BCUT2D eigenvalue weighted by Gasteiger charge is -2.08. The van der Waals surface area contributed by atoms with Gasteiger partial charge in [-0.3, -0.25) is 4.79 Å². The van der Waals surface area contributed by atoms with E-state index in [1.54, 1.807) is 13.0 Å². The predicted octanol–water partition coefficient (Wildman–Crippen LogP) is 4.15. The van der Waals surface area contributed by atoms with Gasteiger partial charge >= 0.3 is 5.97 Å². The minimum atomic E-state index is -0.467. The van der Waals surface area contributed by atoms with E-state index in [2.05, 4.69) is 23.9 Å². The Morgan fingerprint density at radius 1 is 1.25 bits per heavy atom. The predicted molar refractivity (Wildman–Crippen MR) is 93.0 cm³/mol. The van der Waals surface area contributed by atoms with Crippen LogP contribution in [0.4, 0.5) is 5.69 Å². The zero-order chi connectivity index (χ0) is 17.7. The van der Waals surface area contributed by atoms with Gasteiger partial charge in [0.2, 0.25) is 5.91 Å². The Hall–Kier alpha value is -2.82. The Morgan fingerprint density at radius 2 is 2.00 bits per heavy atom. The van der Waals surface area contributed by atoms with Gasteiger partial charge in [-0.25, -0.2) is 4.79 Å². The number of esters is 1. The molecule has 0 atom stereocenters. The van der Waals surface area contributed by atoms with Gasteiger partial charge in [0.15, 0.2) is 0 Å². The molecule has 5 nitrogen and oxygen atoms in total. The second-order valence-corrected chi connectivity index (χ2v) is 5.71. The van der Waals surface area contributed by atoms with Gasteiger partial charge in [0, 0.05) is 11.8 Å². The highest BCUT2D eigenvalue weighted by atomic mass is 16.5. The van der Waals surface area contributed by atoms with E-state index < -0.39 is 5.97 Å². The lowest BCUT2D eigenvalue weighted by molar-refractivity contribution is -0.111. The van der Waals surface area contributed by atoms with E-state index in [1.807, 2.05) is 24.3 Å². The molecule has 0 fully saturated rings. The molecule has 24 heavy (non-hydrogen) atoms. The maximum absolute atomic E-state index is 12.0. The number of carbonyl (C=O) groups is 2. The molecule has 126 valence electrons. The van der Waals surface area contributed by atoms with Crippen LogP contribution in [0.5, 0.6) is 0 Å². The molecule has 1 heterocycles. The highest BCUT2D eigenvalue weighted by Crippen LogP contribution is 2.19. The van der Waals surface area contributed by atoms with Gasteiger partial charge in [0.05, 0.1) is 7.11 Å². The van der Waals surface area contributed by atoms with E-state index >= 15 is 0 Å². The minimum Gasteiger partial charge on any atom is -0.465 e. The van der Waals surface area contributed by atoms with Crippen LogP contribution in [0.1, 0.15) is 47.2 Å². The molecule has 0 spiro atoms. The molecule has 1 N–H and O–H groups in total. The monoisotopic (exact) mass is 327 g/mol. The molecule has 1 aromatic carbocycles. The molecule has 1 amide bonds. The van der Waals surface area contributed by atoms with Crippen LogP contribution in [0.15, 0.2) is 40.8 Å². The SMILES string of the molecule is COC(=O)c1cc(/C=C/C(=O)Nc2cccc(C(C)C)c2)oc1C. The van der Waals surface area contributed by atoms with Gasteiger partial charge in [-0.05, 0) is 42.7 Å². The van der Waals surface area contributed by atoms with Crippen molar-refractivity contribution in [1.82, 2.24) is 0 Å². The summed E-state index contributed by atoms with van der Waals surface area (Å²) in [6, 6.07) is 9.26. The Balaban J connectivity index is 2.06. The average Bonchev–Trinajstić information content (AvgIpc) is 2.93. The first-order valence-corrected chi connectivity index (χ1v) is 7.68. The normalized spacial score (nSPS) is 11.0. The summed E-state index contributed by atoms with van der Waals surface area (Å²) in [6.07, 6.45) is 2.88. The number of carbonyl (C=O) groups excluding carboxylic acids is 2. The third-order valence-electron chi connectivity index (χ3n) is 3.56. The lowest BCUT2D eigenvalue weighted by atomic mass is 10.0. The smallest absolute Gasteiger partial charge is 0.341 e. The summed E-state index contributed by atoms with van der Waals surface area (Å²) in [5.41, 5.74) is 2.24. The van der Waals surface area contributed by atoms with Crippen molar-refractivity contribution in [2.75, 3.05) is 12.4 Å². The average molecular weight is 327 g/mol. The fraction of sp³-hybridized carbons (Fsp3) is 0.263. The standard InChI is InChI=1S/C19H21NO4/c1-12(2)14-6-5-7-15(10-14)20-18(21)9-8-16-11-17(13(3)24-16)19(22)23-4/h5-12H,1-4H3,(H,20,21)/b9-8+. The van der Waals surface area contributed by atoms with Crippen LogP contribution in [0.3, 0.4) is 0 Å².